The third-order valence-electron chi connectivity index (χ3n) is 5.34. The van der Waals surface area contributed by atoms with E-state index in [-0.39, 0.29) is 5.82 Å². The minimum atomic E-state index is -0.146. The normalized spacial score (nSPS) is 24.7. The van der Waals surface area contributed by atoms with E-state index in [0.717, 1.165) is 19.6 Å². The zero-order valence-corrected chi connectivity index (χ0v) is 13.1. The van der Waals surface area contributed by atoms with Crippen molar-refractivity contribution >= 4 is 0 Å². The molecule has 1 aromatic rings. The molecule has 3 rings (SSSR count). The van der Waals surface area contributed by atoms with Crippen molar-refractivity contribution in [2.24, 2.45) is 0 Å². The second kappa shape index (κ2) is 6.45. The van der Waals surface area contributed by atoms with Gasteiger partial charge in [0, 0.05) is 24.7 Å². The first-order chi connectivity index (χ1) is 10.2. The van der Waals surface area contributed by atoms with Crippen LogP contribution in [0.25, 0.3) is 0 Å². The largest absolute Gasteiger partial charge is 0.310 e. The molecule has 0 aromatic heterocycles. The molecule has 1 aromatic carbocycles. The van der Waals surface area contributed by atoms with E-state index in [1.54, 1.807) is 12.1 Å². The van der Waals surface area contributed by atoms with Gasteiger partial charge in [0.2, 0.25) is 0 Å². The van der Waals surface area contributed by atoms with E-state index in [9.17, 15) is 4.39 Å². The Morgan fingerprint density at radius 1 is 1.10 bits per heavy atom. The van der Waals surface area contributed by atoms with Crippen molar-refractivity contribution in [3.8, 4) is 0 Å². The standard InChI is InChI=1S/C18H27FN2/c1-15(16-6-8-17(19)9-7-16)21-13-5-12-20-18(14-21)10-3-2-4-11-18/h6-9,15,20H,2-5,10-14H2,1H3. The van der Waals surface area contributed by atoms with E-state index < -0.39 is 0 Å². The van der Waals surface area contributed by atoms with Gasteiger partial charge in [-0.15, -0.1) is 0 Å². The summed E-state index contributed by atoms with van der Waals surface area (Å²) in [4.78, 5) is 2.60. The van der Waals surface area contributed by atoms with Crippen molar-refractivity contribution in [3.63, 3.8) is 0 Å². The van der Waals surface area contributed by atoms with Gasteiger partial charge in [-0.2, -0.15) is 0 Å². The van der Waals surface area contributed by atoms with Crippen LogP contribution in [0.1, 0.15) is 57.1 Å². The first kappa shape index (κ1) is 15.0. The van der Waals surface area contributed by atoms with Crippen molar-refractivity contribution in [1.29, 1.82) is 0 Å². The average molecular weight is 290 g/mol. The molecule has 1 saturated heterocycles. The summed E-state index contributed by atoms with van der Waals surface area (Å²) in [7, 11) is 0. The Balaban J connectivity index is 1.74. The first-order valence-electron chi connectivity index (χ1n) is 8.43. The Kier molecular flexibility index (Phi) is 4.60. The number of halogens is 1. The van der Waals surface area contributed by atoms with Crippen LogP contribution in [0.2, 0.25) is 0 Å². The minimum absolute atomic E-state index is 0.146. The molecular weight excluding hydrogens is 263 g/mol. The van der Waals surface area contributed by atoms with Gasteiger partial charge in [-0.1, -0.05) is 31.4 Å². The van der Waals surface area contributed by atoms with E-state index in [1.807, 2.05) is 12.1 Å². The highest BCUT2D eigenvalue weighted by atomic mass is 19.1. The predicted molar refractivity (Wildman–Crippen MR) is 84.8 cm³/mol. The summed E-state index contributed by atoms with van der Waals surface area (Å²) in [5.74, 6) is -0.146. The van der Waals surface area contributed by atoms with Gasteiger partial charge in [0.1, 0.15) is 5.82 Å². The molecule has 1 spiro atoms. The fraction of sp³-hybridized carbons (Fsp3) is 0.667. The molecule has 2 aliphatic rings. The van der Waals surface area contributed by atoms with Gasteiger partial charge >= 0.3 is 0 Å². The summed E-state index contributed by atoms with van der Waals surface area (Å²) in [6, 6.07) is 7.40. The van der Waals surface area contributed by atoms with Crippen molar-refractivity contribution in [2.75, 3.05) is 19.6 Å². The second-order valence-corrected chi connectivity index (χ2v) is 6.82. The maximum absolute atomic E-state index is 13.1. The fourth-order valence-corrected chi connectivity index (χ4v) is 4.01. The van der Waals surface area contributed by atoms with Gasteiger partial charge in [0.25, 0.3) is 0 Å². The number of hydrogen-bond acceptors (Lipinski definition) is 2. The monoisotopic (exact) mass is 290 g/mol. The number of nitrogens with zero attached hydrogens (tertiary/aromatic N) is 1. The highest BCUT2D eigenvalue weighted by Crippen LogP contribution is 2.33. The van der Waals surface area contributed by atoms with E-state index in [0.29, 0.717) is 11.6 Å². The third-order valence-corrected chi connectivity index (χ3v) is 5.34. The van der Waals surface area contributed by atoms with Gasteiger partial charge < -0.3 is 5.32 Å². The summed E-state index contributed by atoms with van der Waals surface area (Å²) in [5.41, 5.74) is 1.55. The molecule has 21 heavy (non-hydrogen) atoms. The smallest absolute Gasteiger partial charge is 0.123 e. The predicted octanol–water partition coefficient (Wildman–Crippen LogP) is 3.88. The molecule has 0 radical (unpaired) electrons. The summed E-state index contributed by atoms with van der Waals surface area (Å²) < 4.78 is 13.1. The maximum atomic E-state index is 13.1. The van der Waals surface area contributed by atoms with Crippen LogP contribution in [0.4, 0.5) is 4.39 Å². The minimum Gasteiger partial charge on any atom is -0.310 e. The molecule has 1 aliphatic carbocycles. The molecular formula is C18H27FN2. The molecule has 0 amide bonds. The summed E-state index contributed by atoms with van der Waals surface area (Å²) in [6.07, 6.45) is 7.90. The number of nitrogens with one attached hydrogen (secondary N) is 1. The lowest BCUT2D eigenvalue weighted by atomic mass is 9.81. The Labute approximate surface area is 127 Å². The van der Waals surface area contributed by atoms with Crippen LogP contribution in [0, 0.1) is 5.82 Å². The molecule has 3 heteroatoms. The lowest BCUT2D eigenvalue weighted by molar-refractivity contribution is 0.134. The quantitative estimate of drug-likeness (QED) is 0.889. The number of hydrogen-bond donors (Lipinski definition) is 1. The van der Waals surface area contributed by atoms with E-state index >= 15 is 0 Å². The molecule has 1 N–H and O–H groups in total. The van der Waals surface area contributed by atoms with Gasteiger partial charge in [-0.25, -0.2) is 4.39 Å². The van der Waals surface area contributed by atoms with Crippen molar-refractivity contribution in [3.05, 3.63) is 35.6 Å². The summed E-state index contributed by atoms with van der Waals surface area (Å²) in [5, 5.41) is 3.84. The van der Waals surface area contributed by atoms with Crippen molar-refractivity contribution < 1.29 is 4.39 Å². The molecule has 2 fully saturated rings. The van der Waals surface area contributed by atoms with E-state index in [1.165, 1.54) is 44.1 Å². The van der Waals surface area contributed by atoms with E-state index in [2.05, 4.69) is 17.1 Å². The maximum Gasteiger partial charge on any atom is 0.123 e. The topological polar surface area (TPSA) is 15.3 Å². The Bertz CT molecular complexity index is 451. The third kappa shape index (κ3) is 3.46. The van der Waals surface area contributed by atoms with Crippen LogP contribution in [0.5, 0.6) is 0 Å². The van der Waals surface area contributed by atoms with Gasteiger partial charge in [0.05, 0.1) is 0 Å². The number of rotatable bonds is 2. The first-order valence-corrected chi connectivity index (χ1v) is 8.43. The highest BCUT2D eigenvalue weighted by molar-refractivity contribution is 5.19. The molecule has 2 nitrogen and oxygen atoms in total. The lowest BCUT2D eigenvalue weighted by Crippen LogP contribution is -2.52. The Morgan fingerprint density at radius 2 is 1.81 bits per heavy atom. The van der Waals surface area contributed by atoms with Crippen LogP contribution in [-0.2, 0) is 0 Å². The molecule has 116 valence electrons. The number of benzene rings is 1. The second-order valence-electron chi connectivity index (χ2n) is 6.82. The Hall–Kier alpha value is -0.930. The van der Waals surface area contributed by atoms with Crippen LogP contribution in [0.15, 0.2) is 24.3 Å². The zero-order chi connectivity index (χ0) is 14.7. The van der Waals surface area contributed by atoms with Gasteiger partial charge in [-0.05, 0) is 50.4 Å². The van der Waals surface area contributed by atoms with Crippen LogP contribution < -0.4 is 5.32 Å². The molecule has 1 heterocycles. The molecule has 1 aliphatic heterocycles. The zero-order valence-electron chi connectivity index (χ0n) is 13.1. The summed E-state index contributed by atoms with van der Waals surface area (Å²) in [6.45, 7) is 5.65. The molecule has 1 atom stereocenters. The average Bonchev–Trinajstić information content (AvgIpc) is 2.71. The van der Waals surface area contributed by atoms with Crippen LogP contribution >= 0.6 is 0 Å². The summed E-state index contributed by atoms with van der Waals surface area (Å²) >= 11 is 0. The SMILES string of the molecule is CC(c1ccc(F)cc1)N1CCCNC2(CCCCC2)C1. The lowest BCUT2D eigenvalue weighted by Gasteiger charge is -2.41. The molecule has 0 bridgehead atoms. The van der Waals surface area contributed by atoms with Crippen molar-refractivity contribution in [1.82, 2.24) is 10.2 Å². The highest BCUT2D eigenvalue weighted by Gasteiger charge is 2.36. The molecule has 1 unspecified atom stereocenters. The van der Waals surface area contributed by atoms with Crippen molar-refractivity contribution in [2.45, 2.75) is 57.0 Å². The van der Waals surface area contributed by atoms with Gasteiger partial charge in [0.15, 0.2) is 0 Å². The molecule has 1 saturated carbocycles. The van der Waals surface area contributed by atoms with Crippen LogP contribution in [0.3, 0.4) is 0 Å². The fourth-order valence-electron chi connectivity index (χ4n) is 4.01. The van der Waals surface area contributed by atoms with E-state index in [4.69, 9.17) is 0 Å². The van der Waals surface area contributed by atoms with Crippen LogP contribution in [-0.4, -0.2) is 30.1 Å². The van der Waals surface area contributed by atoms with Gasteiger partial charge in [-0.3, -0.25) is 4.90 Å². The Morgan fingerprint density at radius 3 is 2.52 bits per heavy atom.